The molecule has 0 bridgehead atoms. The van der Waals surface area contributed by atoms with Crippen molar-refractivity contribution < 1.29 is 19.1 Å². The minimum Gasteiger partial charge on any atom is -0.481 e. The summed E-state index contributed by atoms with van der Waals surface area (Å²) >= 11 is 0. The molecule has 0 aliphatic rings. The zero-order chi connectivity index (χ0) is 16.3. The normalized spacial score (nSPS) is 12.0. The Labute approximate surface area is 128 Å². The van der Waals surface area contributed by atoms with Gasteiger partial charge in [0.15, 0.2) is 5.89 Å². The van der Waals surface area contributed by atoms with Crippen molar-refractivity contribution in [3.8, 4) is 0 Å². The van der Waals surface area contributed by atoms with Crippen LogP contribution in [0.5, 0.6) is 0 Å². The third kappa shape index (κ3) is 3.52. The van der Waals surface area contributed by atoms with Crippen LogP contribution in [0.1, 0.15) is 45.7 Å². The van der Waals surface area contributed by atoms with Crippen LogP contribution in [0.25, 0.3) is 0 Å². The van der Waals surface area contributed by atoms with E-state index >= 15 is 0 Å². The first-order valence-corrected chi connectivity index (χ1v) is 6.90. The average molecular weight is 302 g/mol. The van der Waals surface area contributed by atoms with Crippen LogP contribution in [0.4, 0.5) is 0 Å². The van der Waals surface area contributed by atoms with Crippen molar-refractivity contribution in [2.75, 3.05) is 0 Å². The Morgan fingerprint density at radius 1 is 1.27 bits per heavy atom. The highest BCUT2D eigenvalue weighted by molar-refractivity contribution is 5.93. The van der Waals surface area contributed by atoms with E-state index in [-0.39, 0.29) is 12.2 Å². The van der Waals surface area contributed by atoms with E-state index < -0.39 is 17.9 Å². The molecule has 0 fully saturated rings. The van der Waals surface area contributed by atoms with Crippen molar-refractivity contribution in [2.24, 2.45) is 0 Å². The smallest absolute Gasteiger partial charge is 0.305 e. The summed E-state index contributed by atoms with van der Waals surface area (Å²) in [5.74, 6) is -0.943. The second-order valence-corrected chi connectivity index (χ2v) is 5.13. The third-order valence-corrected chi connectivity index (χ3v) is 3.36. The van der Waals surface area contributed by atoms with Gasteiger partial charge in [-0.15, -0.1) is 0 Å². The fourth-order valence-corrected chi connectivity index (χ4v) is 2.36. The molecule has 1 aromatic carbocycles. The Hall–Kier alpha value is -2.63. The maximum Gasteiger partial charge on any atom is 0.305 e. The van der Waals surface area contributed by atoms with Crippen molar-refractivity contribution >= 4 is 11.9 Å². The highest BCUT2D eigenvalue weighted by Gasteiger charge is 2.23. The van der Waals surface area contributed by atoms with Crippen molar-refractivity contribution in [1.29, 1.82) is 0 Å². The lowest BCUT2D eigenvalue weighted by atomic mass is 9.98. The molecule has 0 aliphatic heterocycles. The van der Waals surface area contributed by atoms with E-state index in [2.05, 4.69) is 10.3 Å². The van der Waals surface area contributed by atoms with Crippen LogP contribution >= 0.6 is 0 Å². The van der Waals surface area contributed by atoms with Gasteiger partial charge in [0.2, 0.25) is 5.76 Å². The SMILES string of the molecule is Cc1nc(C)c(C(=O)N[C@H](CC(=O)O)c2ccccc2C)o1. The molecule has 0 radical (unpaired) electrons. The van der Waals surface area contributed by atoms with Gasteiger partial charge in [0.05, 0.1) is 18.2 Å². The number of carbonyl (C=O) groups excluding carboxylic acids is 1. The van der Waals surface area contributed by atoms with Crippen LogP contribution in [0.3, 0.4) is 0 Å². The molecule has 116 valence electrons. The number of amides is 1. The Bertz CT molecular complexity index is 706. The van der Waals surface area contributed by atoms with E-state index in [4.69, 9.17) is 9.52 Å². The lowest BCUT2D eigenvalue weighted by Crippen LogP contribution is -2.30. The maximum absolute atomic E-state index is 12.3. The Morgan fingerprint density at radius 3 is 2.50 bits per heavy atom. The molecule has 1 amide bonds. The zero-order valence-electron chi connectivity index (χ0n) is 12.7. The number of benzene rings is 1. The van der Waals surface area contributed by atoms with E-state index in [1.807, 2.05) is 31.2 Å². The number of oxazole rings is 1. The predicted molar refractivity (Wildman–Crippen MR) is 79.6 cm³/mol. The van der Waals surface area contributed by atoms with E-state index in [1.165, 1.54) is 0 Å². The summed E-state index contributed by atoms with van der Waals surface area (Å²) in [6.45, 7) is 5.20. The molecule has 0 unspecified atom stereocenters. The van der Waals surface area contributed by atoms with Gasteiger partial charge in [-0.3, -0.25) is 9.59 Å². The van der Waals surface area contributed by atoms with Crippen molar-refractivity contribution in [3.63, 3.8) is 0 Å². The quantitative estimate of drug-likeness (QED) is 0.885. The number of aliphatic carboxylic acids is 1. The minimum atomic E-state index is -0.987. The van der Waals surface area contributed by atoms with Crippen LogP contribution < -0.4 is 5.32 Å². The maximum atomic E-state index is 12.3. The van der Waals surface area contributed by atoms with E-state index in [9.17, 15) is 9.59 Å². The summed E-state index contributed by atoms with van der Waals surface area (Å²) in [4.78, 5) is 27.5. The zero-order valence-corrected chi connectivity index (χ0v) is 12.7. The molecular formula is C16H18N2O4. The number of carboxylic acid groups (broad SMARTS) is 1. The fraction of sp³-hybridized carbons (Fsp3) is 0.312. The lowest BCUT2D eigenvalue weighted by Gasteiger charge is -2.18. The predicted octanol–water partition coefficient (Wildman–Crippen LogP) is 2.55. The second kappa shape index (κ2) is 6.43. The Balaban J connectivity index is 2.27. The van der Waals surface area contributed by atoms with Gasteiger partial charge >= 0.3 is 5.97 Å². The molecule has 22 heavy (non-hydrogen) atoms. The highest BCUT2D eigenvalue weighted by atomic mass is 16.4. The lowest BCUT2D eigenvalue weighted by molar-refractivity contribution is -0.137. The van der Waals surface area contributed by atoms with Crippen LogP contribution in [0, 0.1) is 20.8 Å². The van der Waals surface area contributed by atoms with E-state index in [1.54, 1.807) is 13.8 Å². The van der Waals surface area contributed by atoms with Gasteiger partial charge in [0, 0.05) is 6.92 Å². The number of carboxylic acids is 1. The minimum absolute atomic E-state index is 0.112. The van der Waals surface area contributed by atoms with Crippen LogP contribution in [-0.2, 0) is 4.79 Å². The second-order valence-electron chi connectivity index (χ2n) is 5.13. The number of aromatic nitrogens is 1. The largest absolute Gasteiger partial charge is 0.481 e. The summed E-state index contributed by atoms with van der Waals surface area (Å²) in [6.07, 6.45) is -0.206. The molecule has 6 nitrogen and oxygen atoms in total. The van der Waals surface area contributed by atoms with Crippen molar-refractivity contribution in [3.05, 3.63) is 52.7 Å². The molecule has 0 aliphatic carbocycles. The van der Waals surface area contributed by atoms with Gasteiger partial charge in [-0.05, 0) is 25.0 Å². The van der Waals surface area contributed by atoms with Gasteiger partial charge in [-0.25, -0.2) is 4.98 Å². The number of carbonyl (C=O) groups is 2. The molecule has 2 rings (SSSR count). The number of nitrogens with one attached hydrogen (secondary N) is 1. The topological polar surface area (TPSA) is 92.4 Å². The molecule has 0 spiro atoms. The van der Waals surface area contributed by atoms with Gasteiger partial charge < -0.3 is 14.8 Å². The third-order valence-electron chi connectivity index (χ3n) is 3.36. The molecule has 1 heterocycles. The van der Waals surface area contributed by atoms with Gasteiger partial charge in [0.1, 0.15) is 0 Å². The van der Waals surface area contributed by atoms with Crippen molar-refractivity contribution in [1.82, 2.24) is 10.3 Å². The Morgan fingerprint density at radius 2 is 1.95 bits per heavy atom. The summed E-state index contributed by atoms with van der Waals surface area (Å²) in [6, 6.07) is 6.73. The molecule has 2 N–H and O–H groups in total. The summed E-state index contributed by atoms with van der Waals surface area (Å²) in [5.41, 5.74) is 2.17. The summed E-state index contributed by atoms with van der Waals surface area (Å²) in [5, 5.41) is 11.8. The van der Waals surface area contributed by atoms with Crippen LogP contribution in [0.15, 0.2) is 28.7 Å². The molecule has 0 saturated carbocycles. The monoisotopic (exact) mass is 302 g/mol. The van der Waals surface area contributed by atoms with Crippen LogP contribution in [-0.4, -0.2) is 22.0 Å². The number of rotatable bonds is 5. The summed E-state index contributed by atoms with van der Waals surface area (Å²) in [7, 11) is 0. The standard InChI is InChI=1S/C16H18N2O4/c1-9-6-4-5-7-12(9)13(8-14(19)20)18-16(21)15-10(2)17-11(3)22-15/h4-7,13H,8H2,1-3H3,(H,18,21)(H,19,20)/t13-/m1/s1. The van der Waals surface area contributed by atoms with Crippen LogP contribution in [0.2, 0.25) is 0 Å². The van der Waals surface area contributed by atoms with Crippen molar-refractivity contribution in [2.45, 2.75) is 33.2 Å². The fourth-order valence-electron chi connectivity index (χ4n) is 2.36. The Kier molecular flexibility index (Phi) is 4.60. The van der Waals surface area contributed by atoms with E-state index in [0.29, 0.717) is 11.6 Å². The first-order valence-electron chi connectivity index (χ1n) is 6.90. The van der Waals surface area contributed by atoms with E-state index in [0.717, 1.165) is 11.1 Å². The highest BCUT2D eigenvalue weighted by Crippen LogP contribution is 2.22. The first kappa shape index (κ1) is 15.8. The molecule has 0 saturated heterocycles. The molecule has 2 aromatic rings. The average Bonchev–Trinajstić information content (AvgIpc) is 2.77. The number of hydrogen-bond acceptors (Lipinski definition) is 4. The molecule has 1 aromatic heterocycles. The van der Waals surface area contributed by atoms with Gasteiger partial charge in [0.25, 0.3) is 5.91 Å². The molecular weight excluding hydrogens is 284 g/mol. The molecule has 6 heteroatoms. The summed E-state index contributed by atoms with van der Waals surface area (Å²) < 4.78 is 5.28. The first-order chi connectivity index (χ1) is 10.4. The number of aryl methyl sites for hydroxylation is 3. The number of hydrogen-bond donors (Lipinski definition) is 2. The number of nitrogens with zero attached hydrogens (tertiary/aromatic N) is 1. The van der Waals surface area contributed by atoms with Gasteiger partial charge in [-0.1, -0.05) is 24.3 Å². The van der Waals surface area contributed by atoms with Gasteiger partial charge in [-0.2, -0.15) is 0 Å². The molecule has 1 atom stereocenters.